The first-order valence-electron chi connectivity index (χ1n) is 6.79. The lowest BCUT2D eigenvalue weighted by Crippen LogP contribution is -2.52. The highest BCUT2D eigenvalue weighted by molar-refractivity contribution is 6.19. The number of hydrogen-bond donors (Lipinski definition) is 1. The Bertz CT molecular complexity index is 509. The van der Waals surface area contributed by atoms with Gasteiger partial charge < -0.3 is 5.32 Å². The molecule has 2 atom stereocenters. The summed E-state index contributed by atoms with van der Waals surface area (Å²) in [4.78, 5) is 12.2. The molecule has 0 aliphatic heterocycles. The van der Waals surface area contributed by atoms with E-state index in [4.69, 9.17) is 11.6 Å². The van der Waals surface area contributed by atoms with E-state index in [1.54, 1.807) is 0 Å². The number of amides is 1. The lowest BCUT2D eigenvalue weighted by atomic mass is 9.77. The minimum absolute atomic E-state index is 0.144. The molecule has 1 fully saturated rings. The average Bonchev–Trinajstić information content (AvgIpc) is 2.38. The van der Waals surface area contributed by atoms with E-state index in [1.165, 1.54) is 0 Å². The number of hydrogen-bond acceptors (Lipinski definition) is 1. The van der Waals surface area contributed by atoms with Crippen molar-refractivity contribution in [2.75, 3.05) is 5.88 Å². The van der Waals surface area contributed by atoms with E-state index < -0.39 is 23.1 Å². The minimum Gasteiger partial charge on any atom is -0.345 e. The van der Waals surface area contributed by atoms with Crippen LogP contribution in [-0.4, -0.2) is 17.3 Å². The molecule has 20 heavy (non-hydrogen) atoms. The lowest BCUT2D eigenvalue weighted by Gasteiger charge is -2.39. The van der Waals surface area contributed by atoms with Gasteiger partial charge in [0.1, 0.15) is 11.6 Å². The van der Waals surface area contributed by atoms with Crippen LogP contribution in [0.1, 0.15) is 43.0 Å². The second-order valence-electron chi connectivity index (χ2n) is 5.69. The minimum atomic E-state index is -0.851. The molecule has 110 valence electrons. The van der Waals surface area contributed by atoms with Crippen LogP contribution in [-0.2, 0) is 0 Å². The Kier molecular flexibility index (Phi) is 4.63. The van der Waals surface area contributed by atoms with E-state index in [0.717, 1.165) is 37.8 Å². The van der Waals surface area contributed by atoms with Crippen molar-refractivity contribution < 1.29 is 13.6 Å². The molecule has 2 nitrogen and oxygen atoms in total. The third-order valence-corrected chi connectivity index (χ3v) is 4.41. The summed E-state index contributed by atoms with van der Waals surface area (Å²) in [6.07, 6.45) is 3.67. The molecule has 1 amide bonds. The normalized spacial score (nSPS) is 26.3. The van der Waals surface area contributed by atoms with Gasteiger partial charge in [-0.25, -0.2) is 8.78 Å². The number of alkyl halides is 1. The zero-order valence-corrected chi connectivity index (χ0v) is 12.1. The molecule has 0 spiro atoms. The van der Waals surface area contributed by atoms with Crippen molar-refractivity contribution in [1.82, 2.24) is 5.32 Å². The van der Waals surface area contributed by atoms with Gasteiger partial charge >= 0.3 is 0 Å². The number of benzene rings is 1. The lowest BCUT2D eigenvalue weighted by molar-refractivity contribution is 0.0863. The van der Waals surface area contributed by atoms with Crippen LogP contribution in [0.5, 0.6) is 0 Å². The van der Waals surface area contributed by atoms with Gasteiger partial charge in [0.15, 0.2) is 0 Å². The Balaban J connectivity index is 2.16. The summed E-state index contributed by atoms with van der Waals surface area (Å²) in [5.74, 6) is -1.31. The quantitative estimate of drug-likeness (QED) is 0.843. The van der Waals surface area contributed by atoms with Crippen LogP contribution in [0.4, 0.5) is 8.78 Å². The van der Waals surface area contributed by atoms with E-state index in [9.17, 15) is 13.6 Å². The van der Waals surface area contributed by atoms with Gasteiger partial charge in [-0.1, -0.05) is 19.8 Å². The van der Waals surface area contributed by atoms with Crippen LogP contribution in [0.2, 0.25) is 0 Å². The number of halogens is 3. The van der Waals surface area contributed by atoms with Gasteiger partial charge in [0.2, 0.25) is 0 Å². The highest BCUT2D eigenvalue weighted by atomic mass is 35.5. The van der Waals surface area contributed by atoms with Gasteiger partial charge in [-0.3, -0.25) is 4.79 Å². The van der Waals surface area contributed by atoms with Crippen LogP contribution in [0.25, 0.3) is 0 Å². The molecule has 1 N–H and O–H groups in total. The molecule has 2 rings (SSSR count). The highest BCUT2D eigenvalue weighted by Crippen LogP contribution is 2.33. The second-order valence-corrected chi connectivity index (χ2v) is 5.96. The average molecular weight is 302 g/mol. The number of carbonyl (C=O) groups excluding carboxylic acids is 1. The van der Waals surface area contributed by atoms with Gasteiger partial charge in [-0.05, 0) is 30.9 Å². The topological polar surface area (TPSA) is 29.1 Å². The van der Waals surface area contributed by atoms with Gasteiger partial charge in [0.05, 0.1) is 11.1 Å². The summed E-state index contributed by atoms with van der Waals surface area (Å²) in [5, 5.41) is 2.86. The number of nitrogens with one attached hydrogen (secondary N) is 1. The van der Waals surface area contributed by atoms with E-state index >= 15 is 0 Å². The molecule has 0 radical (unpaired) electrons. The Morgan fingerprint density at radius 3 is 2.85 bits per heavy atom. The summed E-state index contributed by atoms with van der Waals surface area (Å²) in [6.45, 7) is 2.12. The van der Waals surface area contributed by atoms with Crippen molar-refractivity contribution in [2.24, 2.45) is 5.92 Å². The fourth-order valence-corrected chi connectivity index (χ4v) is 3.22. The molecule has 1 aromatic carbocycles. The largest absolute Gasteiger partial charge is 0.345 e. The van der Waals surface area contributed by atoms with Crippen LogP contribution in [0.15, 0.2) is 18.2 Å². The van der Waals surface area contributed by atoms with E-state index in [2.05, 4.69) is 12.2 Å². The van der Waals surface area contributed by atoms with Crippen LogP contribution >= 0.6 is 11.6 Å². The fourth-order valence-electron chi connectivity index (χ4n) is 2.91. The van der Waals surface area contributed by atoms with Crippen molar-refractivity contribution in [2.45, 2.75) is 38.1 Å². The predicted molar refractivity (Wildman–Crippen MR) is 74.9 cm³/mol. The van der Waals surface area contributed by atoms with Crippen LogP contribution in [0, 0.1) is 17.6 Å². The molecular formula is C15H18ClF2NO. The third kappa shape index (κ3) is 3.29. The van der Waals surface area contributed by atoms with Gasteiger partial charge in [0.25, 0.3) is 5.91 Å². The molecule has 0 bridgehead atoms. The number of rotatable bonds is 3. The van der Waals surface area contributed by atoms with Crippen molar-refractivity contribution >= 4 is 17.5 Å². The van der Waals surface area contributed by atoms with Crippen molar-refractivity contribution in [3.05, 3.63) is 35.4 Å². The second kappa shape index (κ2) is 6.08. The van der Waals surface area contributed by atoms with Crippen molar-refractivity contribution in [3.8, 4) is 0 Å². The Morgan fingerprint density at radius 1 is 1.50 bits per heavy atom. The molecule has 1 saturated carbocycles. The Hall–Kier alpha value is -1.16. The molecule has 2 unspecified atom stereocenters. The van der Waals surface area contributed by atoms with Crippen molar-refractivity contribution in [1.29, 1.82) is 0 Å². The highest BCUT2D eigenvalue weighted by Gasteiger charge is 2.36. The van der Waals surface area contributed by atoms with Gasteiger partial charge in [-0.15, -0.1) is 11.6 Å². The number of carbonyl (C=O) groups is 1. The summed E-state index contributed by atoms with van der Waals surface area (Å²) in [5.41, 5.74) is -0.633. The van der Waals surface area contributed by atoms with Crippen LogP contribution in [0.3, 0.4) is 0 Å². The zero-order chi connectivity index (χ0) is 14.8. The van der Waals surface area contributed by atoms with E-state index in [0.29, 0.717) is 17.9 Å². The van der Waals surface area contributed by atoms with Crippen LogP contribution < -0.4 is 5.32 Å². The van der Waals surface area contributed by atoms with Gasteiger partial charge in [0, 0.05) is 11.9 Å². The zero-order valence-electron chi connectivity index (χ0n) is 11.4. The standard InChI is InChI=1S/C15H18ClF2NO/c1-10-3-2-6-15(8-10,9-16)19-14(20)12-5-4-11(17)7-13(12)18/h4-5,7,10H,2-3,6,8-9H2,1H3,(H,19,20). The molecule has 0 heterocycles. The smallest absolute Gasteiger partial charge is 0.254 e. The maximum absolute atomic E-state index is 13.6. The molecule has 1 aromatic rings. The SMILES string of the molecule is CC1CCCC(CCl)(NC(=O)c2ccc(F)cc2F)C1. The Labute approximate surface area is 122 Å². The molecule has 0 saturated heterocycles. The van der Waals surface area contributed by atoms with E-state index in [-0.39, 0.29) is 5.56 Å². The van der Waals surface area contributed by atoms with E-state index in [1.807, 2.05) is 0 Å². The third-order valence-electron chi connectivity index (χ3n) is 3.90. The molecular weight excluding hydrogens is 284 g/mol. The summed E-state index contributed by atoms with van der Waals surface area (Å²) < 4.78 is 26.5. The summed E-state index contributed by atoms with van der Waals surface area (Å²) in [6, 6.07) is 2.95. The Morgan fingerprint density at radius 2 is 2.25 bits per heavy atom. The summed E-state index contributed by atoms with van der Waals surface area (Å²) in [7, 11) is 0. The molecule has 0 aromatic heterocycles. The first-order chi connectivity index (χ1) is 9.46. The summed E-state index contributed by atoms with van der Waals surface area (Å²) >= 11 is 6.03. The fraction of sp³-hybridized carbons (Fsp3) is 0.533. The predicted octanol–water partition coefficient (Wildman–Crippen LogP) is 3.88. The maximum atomic E-state index is 13.6. The molecule has 1 aliphatic rings. The first-order valence-corrected chi connectivity index (χ1v) is 7.33. The van der Waals surface area contributed by atoms with Gasteiger partial charge in [-0.2, -0.15) is 0 Å². The van der Waals surface area contributed by atoms with Crippen molar-refractivity contribution in [3.63, 3.8) is 0 Å². The molecule has 1 aliphatic carbocycles. The first kappa shape index (κ1) is 15.2. The molecule has 5 heteroatoms. The maximum Gasteiger partial charge on any atom is 0.254 e. The monoisotopic (exact) mass is 301 g/mol.